The summed E-state index contributed by atoms with van der Waals surface area (Å²) in [5, 5.41) is 9.80. The number of nitrogens with zero attached hydrogens (tertiary/aromatic N) is 2. The third kappa shape index (κ3) is 3.52. The summed E-state index contributed by atoms with van der Waals surface area (Å²) in [5.41, 5.74) is 7.54. The number of methoxy groups -OCH3 is 3. The number of nitriles is 1. The van der Waals surface area contributed by atoms with Gasteiger partial charge in [-0.1, -0.05) is 0 Å². The molecule has 0 bridgehead atoms. The molecule has 1 atom stereocenters. The Hall–Kier alpha value is -3.44. The van der Waals surface area contributed by atoms with E-state index < -0.39 is 5.92 Å². The predicted octanol–water partition coefficient (Wildman–Crippen LogP) is 2.04. The minimum absolute atomic E-state index is 0.0386. The van der Waals surface area contributed by atoms with Gasteiger partial charge in [-0.2, -0.15) is 5.26 Å². The van der Waals surface area contributed by atoms with Crippen molar-refractivity contribution < 1.29 is 18.9 Å². The first-order chi connectivity index (χ1) is 14.0. The van der Waals surface area contributed by atoms with Gasteiger partial charge >= 0.3 is 0 Å². The van der Waals surface area contributed by atoms with Crippen LogP contribution in [-0.2, 0) is 11.3 Å². The molecular formula is C21H23N3O5. The number of rotatable bonds is 6. The van der Waals surface area contributed by atoms with Crippen LogP contribution in [0.2, 0.25) is 0 Å². The molecule has 2 aromatic rings. The highest BCUT2D eigenvalue weighted by atomic mass is 16.5. The van der Waals surface area contributed by atoms with Gasteiger partial charge in [0, 0.05) is 31.0 Å². The molecule has 0 spiro atoms. The molecule has 2 heterocycles. The fraction of sp³-hybridized carbons (Fsp3) is 0.333. The summed E-state index contributed by atoms with van der Waals surface area (Å²) in [6.45, 7) is 2.55. The average molecular weight is 397 g/mol. The molecule has 0 saturated carbocycles. The highest BCUT2D eigenvalue weighted by Gasteiger charge is 2.36. The van der Waals surface area contributed by atoms with Crippen molar-refractivity contribution in [3.8, 4) is 23.3 Å². The molecule has 8 nitrogen and oxygen atoms in total. The Kier molecular flexibility index (Phi) is 5.80. The van der Waals surface area contributed by atoms with E-state index in [0.717, 1.165) is 0 Å². The summed E-state index contributed by atoms with van der Waals surface area (Å²) in [4.78, 5) is 13.4. The molecule has 0 radical (unpaired) electrons. The number of allylic oxidation sites excluding steroid dienone is 1. The summed E-state index contributed by atoms with van der Waals surface area (Å²) in [5.74, 6) is 0.607. The van der Waals surface area contributed by atoms with Crippen molar-refractivity contribution in [2.75, 3.05) is 27.9 Å². The monoisotopic (exact) mass is 397 g/mol. The van der Waals surface area contributed by atoms with Gasteiger partial charge in [-0.15, -0.1) is 0 Å². The van der Waals surface area contributed by atoms with Crippen LogP contribution in [0, 0.1) is 18.3 Å². The van der Waals surface area contributed by atoms with Crippen molar-refractivity contribution in [3.63, 3.8) is 0 Å². The summed E-state index contributed by atoms with van der Waals surface area (Å²) in [6, 6.07) is 9.05. The largest absolute Gasteiger partial charge is 0.497 e. The second kappa shape index (κ2) is 8.29. The number of pyridine rings is 1. The van der Waals surface area contributed by atoms with Crippen LogP contribution in [0.3, 0.4) is 0 Å². The van der Waals surface area contributed by atoms with E-state index in [1.165, 1.54) is 7.11 Å². The predicted molar refractivity (Wildman–Crippen MR) is 106 cm³/mol. The number of nitrogens with two attached hydrogens (primary N) is 1. The van der Waals surface area contributed by atoms with Crippen LogP contribution in [0.15, 0.2) is 40.5 Å². The van der Waals surface area contributed by atoms with E-state index in [1.54, 1.807) is 43.1 Å². The van der Waals surface area contributed by atoms with Gasteiger partial charge in [0.05, 0.1) is 32.3 Å². The molecule has 29 heavy (non-hydrogen) atoms. The lowest BCUT2D eigenvalue weighted by Crippen LogP contribution is -2.33. The zero-order valence-corrected chi connectivity index (χ0v) is 16.8. The summed E-state index contributed by atoms with van der Waals surface area (Å²) >= 11 is 0. The van der Waals surface area contributed by atoms with E-state index >= 15 is 0 Å². The van der Waals surface area contributed by atoms with E-state index in [-0.39, 0.29) is 17.0 Å². The normalized spacial score (nSPS) is 15.3. The number of ether oxygens (including phenoxy) is 4. The Bertz CT molecular complexity index is 1070. The van der Waals surface area contributed by atoms with Gasteiger partial charge in [0.25, 0.3) is 5.56 Å². The summed E-state index contributed by atoms with van der Waals surface area (Å²) < 4.78 is 23.2. The number of benzene rings is 1. The van der Waals surface area contributed by atoms with Crippen LogP contribution in [0.5, 0.6) is 17.2 Å². The SMILES string of the molecule is COCCn1c(C)cc2c(c1=O)C(c1cc(OC)ccc1OC)C(C#N)=C(N)O2. The Labute approximate surface area is 168 Å². The number of aromatic nitrogens is 1. The second-order valence-electron chi connectivity index (χ2n) is 6.55. The second-order valence-corrected chi connectivity index (χ2v) is 6.55. The van der Waals surface area contributed by atoms with Gasteiger partial charge in [0.2, 0.25) is 5.88 Å². The fourth-order valence-corrected chi connectivity index (χ4v) is 3.52. The van der Waals surface area contributed by atoms with E-state index in [9.17, 15) is 10.1 Å². The van der Waals surface area contributed by atoms with E-state index in [1.807, 2.05) is 6.92 Å². The van der Waals surface area contributed by atoms with E-state index in [0.29, 0.717) is 47.2 Å². The highest BCUT2D eigenvalue weighted by Crippen LogP contribution is 2.44. The molecule has 0 amide bonds. The van der Waals surface area contributed by atoms with Crippen LogP contribution in [-0.4, -0.2) is 32.5 Å². The van der Waals surface area contributed by atoms with Crippen LogP contribution in [0.4, 0.5) is 0 Å². The van der Waals surface area contributed by atoms with Crippen molar-refractivity contribution in [2.45, 2.75) is 19.4 Å². The lowest BCUT2D eigenvalue weighted by molar-refractivity contribution is 0.185. The van der Waals surface area contributed by atoms with Crippen molar-refractivity contribution in [3.05, 3.63) is 62.9 Å². The number of hydrogen-bond acceptors (Lipinski definition) is 7. The fourth-order valence-electron chi connectivity index (χ4n) is 3.52. The zero-order chi connectivity index (χ0) is 21.1. The first-order valence-corrected chi connectivity index (χ1v) is 8.99. The van der Waals surface area contributed by atoms with Crippen molar-refractivity contribution in [1.82, 2.24) is 4.57 Å². The molecule has 0 saturated heterocycles. The maximum Gasteiger partial charge on any atom is 0.258 e. The Morgan fingerprint density at radius 1 is 1.24 bits per heavy atom. The molecule has 8 heteroatoms. The molecule has 1 unspecified atom stereocenters. The van der Waals surface area contributed by atoms with Gasteiger partial charge in [0.1, 0.15) is 28.9 Å². The third-order valence-electron chi connectivity index (χ3n) is 4.96. The topological polar surface area (TPSA) is 109 Å². The molecule has 1 aliphatic rings. The molecular weight excluding hydrogens is 374 g/mol. The molecule has 1 aliphatic heterocycles. The minimum Gasteiger partial charge on any atom is -0.497 e. The Morgan fingerprint density at radius 3 is 2.62 bits per heavy atom. The van der Waals surface area contributed by atoms with Crippen LogP contribution < -0.4 is 25.5 Å². The van der Waals surface area contributed by atoms with Crippen LogP contribution in [0.25, 0.3) is 0 Å². The van der Waals surface area contributed by atoms with Gasteiger partial charge in [-0.3, -0.25) is 4.79 Å². The Balaban J connectivity index is 2.33. The molecule has 3 rings (SSSR count). The molecule has 152 valence electrons. The quantitative estimate of drug-likeness (QED) is 0.794. The molecule has 1 aromatic heterocycles. The summed E-state index contributed by atoms with van der Waals surface area (Å²) in [6.07, 6.45) is 0. The number of fused-ring (bicyclic) bond motifs is 1. The van der Waals surface area contributed by atoms with Crippen LogP contribution in [0.1, 0.15) is 22.7 Å². The van der Waals surface area contributed by atoms with E-state index in [4.69, 9.17) is 24.7 Å². The van der Waals surface area contributed by atoms with Crippen molar-refractivity contribution in [2.24, 2.45) is 5.73 Å². The van der Waals surface area contributed by atoms with Gasteiger partial charge in [-0.25, -0.2) is 0 Å². The maximum absolute atomic E-state index is 13.4. The van der Waals surface area contributed by atoms with Crippen molar-refractivity contribution in [1.29, 1.82) is 5.26 Å². The Morgan fingerprint density at radius 2 is 2.00 bits per heavy atom. The first kappa shape index (κ1) is 20.3. The lowest BCUT2D eigenvalue weighted by Gasteiger charge is -2.28. The average Bonchev–Trinajstić information content (AvgIpc) is 2.72. The molecule has 1 aromatic carbocycles. The minimum atomic E-state index is -0.754. The lowest BCUT2D eigenvalue weighted by atomic mass is 9.83. The first-order valence-electron chi connectivity index (χ1n) is 8.99. The molecule has 0 fully saturated rings. The molecule has 2 N–H and O–H groups in total. The number of hydrogen-bond donors (Lipinski definition) is 1. The maximum atomic E-state index is 13.4. The zero-order valence-electron chi connectivity index (χ0n) is 16.8. The smallest absolute Gasteiger partial charge is 0.258 e. The van der Waals surface area contributed by atoms with Gasteiger partial charge in [-0.05, 0) is 25.1 Å². The van der Waals surface area contributed by atoms with Crippen molar-refractivity contribution >= 4 is 0 Å². The summed E-state index contributed by atoms with van der Waals surface area (Å²) in [7, 11) is 4.64. The van der Waals surface area contributed by atoms with E-state index in [2.05, 4.69) is 6.07 Å². The van der Waals surface area contributed by atoms with Crippen LogP contribution >= 0.6 is 0 Å². The highest BCUT2D eigenvalue weighted by molar-refractivity contribution is 5.59. The third-order valence-corrected chi connectivity index (χ3v) is 4.96. The number of aryl methyl sites for hydroxylation is 1. The van der Waals surface area contributed by atoms with Gasteiger partial charge in [0.15, 0.2) is 0 Å². The standard InChI is InChI=1S/C21H23N3O5/c1-12-9-17-19(21(25)24(12)7-8-26-2)18(15(11-22)20(23)29-17)14-10-13(27-3)5-6-16(14)28-4/h5-6,9-10,18H,7-8,23H2,1-4H3. The van der Waals surface area contributed by atoms with Gasteiger partial charge < -0.3 is 29.2 Å². The molecule has 0 aliphatic carbocycles.